The Morgan fingerprint density at radius 3 is 2.63 bits per heavy atom. The molecule has 6 heteroatoms. The minimum Gasteiger partial charge on any atom is -0.481 e. The van der Waals surface area contributed by atoms with E-state index in [-0.39, 0.29) is 24.9 Å². The average Bonchev–Trinajstić information content (AvgIpc) is 2.74. The number of hydrogen-bond acceptors (Lipinski definition) is 3. The maximum atomic E-state index is 13.4. The van der Waals surface area contributed by atoms with Gasteiger partial charge in [-0.2, -0.15) is 0 Å². The summed E-state index contributed by atoms with van der Waals surface area (Å²) in [6.07, 6.45) is -0.427. The van der Waals surface area contributed by atoms with E-state index in [1.54, 1.807) is 6.07 Å². The molecular formula is C13H12FNO4. The van der Waals surface area contributed by atoms with Crippen molar-refractivity contribution in [2.24, 2.45) is 5.92 Å². The number of imide groups is 1. The highest BCUT2D eigenvalue weighted by atomic mass is 19.1. The second kappa shape index (κ2) is 5.17. The molecule has 0 aliphatic carbocycles. The van der Waals surface area contributed by atoms with Gasteiger partial charge in [0.05, 0.1) is 12.3 Å². The molecule has 1 aromatic carbocycles. The molecule has 1 fully saturated rings. The number of carbonyl (C=O) groups excluding carboxylic acids is 2. The van der Waals surface area contributed by atoms with Gasteiger partial charge in [-0.15, -0.1) is 0 Å². The van der Waals surface area contributed by atoms with E-state index >= 15 is 0 Å². The summed E-state index contributed by atoms with van der Waals surface area (Å²) in [5, 5.41) is 8.81. The third-order valence-electron chi connectivity index (χ3n) is 3.07. The lowest BCUT2D eigenvalue weighted by atomic mass is 10.1. The fourth-order valence-corrected chi connectivity index (χ4v) is 2.01. The van der Waals surface area contributed by atoms with Gasteiger partial charge in [0.25, 0.3) is 0 Å². The first-order chi connectivity index (χ1) is 8.99. The van der Waals surface area contributed by atoms with Crippen molar-refractivity contribution in [2.75, 3.05) is 6.54 Å². The van der Waals surface area contributed by atoms with Crippen LogP contribution in [0.5, 0.6) is 0 Å². The number of amides is 2. The number of carboxylic acids is 1. The monoisotopic (exact) mass is 265 g/mol. The van der Waals surface area contributed by atoms with Gasteiger partial charge < -0.3 is 5.11 Å². The smallest absolute Gasteiger partial charge is 0.308 e. The van der Waals surface area contributed by atoms with Crippen LogP contribution in [0.3, 0.4) is 0 Å². The SMILES string of the molecule is O=C(O)C1CC(=O)N(C(=O)Cc2ccccc2F)C1. The largest absolute Gasteiger partial charge is 0.481 e. The second-order valence-electron chi connectivity index (χ2n) is 4.41. The van der Waals surface area contributed by atoms with Gasteiger partial charge in [0.2, 0.25) is 11.8 Å². The van der Waals surface area contributed by atoms with Crippen LogP contribution in [-0.4, -0.2) is 34.3 Å². The van der Waals surface area contributed by atoms with Crippen molar-refractivity contribution in [1.29, 1.82) is 0 Å². The third kappa shape index (κ3) is 2.78. The predicted octanol–water partition coefficient (Wildman–Crippen LogP) is 0.828. The lowest BCUT2D eigenvalue weighted by Gasteiger charge is -2.14. The summed E-state index contributed by atoms with van der Waals surface area (Å²) >= 11 is 0. The Hall–Kier alpha value is -2.24. The van der Waals surface area contributed by atoms with Crippen molar-refractivity contribution in [3.8, 4) is 0 Å². The molecule has 1 unspecified atom stereocenters. The molecule has 19 heavy (non-hydrogen) atoms. The predicted molar refractivity (Wildman–Crippen MR) is 62.6 cm³/mol. The summed E-state index contributed by atoms with van der Waals surface area (Å²) in [7, 11) is 0. The molecule has 100 valence electrons. The Morgan fingerprint density at radius 1 is 1.37 bits per heavy atom. The number of halogens is 1. The molecule has 2 amide bonds. The number of carboxylic acid groups (broad SMARTS) is 1. The minimum absolute atomic E-state index is 0.137. The summed E-state index contributed by atoms with van der Waals surface area (Å²) in [6, 6.07) is 5.79. The van der Waals surface area contributed by atoms with Crippen LogP contribution in [0.25, 0.3) is 0 Å². The molecule has 0 aromatic heterocycles. The van der Waals surface area contributed by atoms with Crippen LogP contribution in [0.15, 0.2) is 24.3 Å². The highest BCUT2D eigenvalue weighted by Gasteiger charge is 2.37. The number of benzene rings is 1. The number of carbonyl (C=O) groups is 3. The van der Waals surface area contributed by atoms with E-state index in [1.165, 1.54) is 18.2 Å². The van der Waals surface area contributed by atoms with Crippen LogP contribution in [0.1, 0.15) is 12.0 Å². The summed E-state index contributed by atoms with van der Waals surface area (Å²) in [5.74, 6) is -3.57. The van der Waals surface area contributed by atoms with Crippen LogP contribution in [-0.2, 0) is 20.8 Å². The highest BCUT2D eigenvalue weighted by molar-refractivity contribution is 5.99. The van der Waals surface area contributed by atoms with Crippen LogP contribution >= 0.6 is 0 Å². The molecule has 0 bridgehead atoms. The molecule has 0 spiro atoms. The van der Waals surface area contributed by atoms with Crippen molar-refractivity contribution < 1.29 is 23.9 Å². The number of rotatable bonds is 3. The standard InChI is InChI=1S/C13H12FNO4/c14-10-4-2-1-3-8(10)5-11(16)15-7-9(13(18)19)6-12(15)17/h1-4,9H,5-7H2,(H,18,19). The fourth-order valence-electron chi connectivity index (χ4n) is 2.01. The van der Waals surface area contributed by atoms with Gasteiger partial charge in [-0.25, -0.2) is 4.39 Å². The van der Waals surface area contributed by atoms with E-state index in [0.717, 1.165) is 4.90 Å². The molecule has 0 saturated carbocycles. The summed E-state index contributed by atoms with van der Waals surface area (Å²) < 4.78 is 13.4. The van der Waals surface area contributed by atoms with Crippen molar-refractivity contribution in [3.63, 3.8) is 0 Å². The number of nitrogens with zero attached hydrogens (tertiary/aromatic N) is 1. The van der Waals surface area contributed by atoms with Gasteiger partial charge in [0.15, 0.2) is 0 Å². The first kappa shape index (κ1) is 13.2. The van der Waals surface area contributed by atoms with E-state index < -0.39 is 29.5 Å². The molecule has 1 saturated heterocycles. The van der Waals surface area contributed by atoms with Crippen LogP contribution in [0, 0.1) is 11.7 Å². The van der Waals surface area contributed by atoms with Crippen LogP contribution < -0.4 is 0 Å². The molecule has 1 heterocycles. The van der Waals surface area contributed by atoms with Crippen molar-refractivity contribution in [3.05, 3.63) is 35.6 Å². The van der Waals surface area contributed by atoms with Crippen LogP contribution in [0.2, 0.25) is 0 Å². The fraction of sp³-hybridized carbons (Fsp3) is 0.308. The van der Waals surface area contributed by atoms with Gasteiger partial charge >= 0.3 is 5.97 Å². The number of hydrogen-bond donors (Lipinski definition) is 1. The van der Waals surface area contributed by atoms with E-state index in [2.05, 4.69) is 0 Å². The Balaban J connectivity index is 2.07. The zero-order valence-electron chi connectivity index (χ0n) is 10.0. The zero-order chi connectivity index (χ0) is 14.0. The molecule has 2 rings (SSSR count). The van der Waals surface area contributed by atoms with Gasteiger partial charge in [-0.05, 0) is 11.6 Å². The molecule has 1 aromatic rings. The zero-order valence-corrected chi connectivity index (χ0v) is 10.0. The average molecular weight is 265 g/mol. The Bertz CT molecular complexity index is 543. The molecule has 1 aliphatic rings. The van der Waals surface area contributed by atoms with E-state index in [9.17, 15) is 18.8 Å². The Kier molecular flexibility index (Phi) is 3.59. The molecule has 1 atom stereocenters. The van der Waals surface area contributed by atoms with Gasteiger partial charge in [0, 0.05) is 13.0 Å². The number of aliphatic carboxylic acids is 1. The molecule has 1 aliphatic heterocycles. The topological polar surface area (TPSA) is 74.7 Å². The summed E-state index contributed by atoms with van der Waals surface area (Å²) in [6.45, 7) is -0.137. The van der Waals surface area contributed by atoms with Crippen LogP contribution in [0.4, 0.5) is 4.39 Å². The maximum absolute atomic E-state index is 13.4. The van der Waals surface area contributed by atoms with Crippen molar-refractivity contribution >= 4 is 17.8 Å². The van der Waals surface area contributed by atoms with Gasteiger partial charge in [-0.1, -0.05) is 18.2 Å². The Morgan fingerprint density at radius 2 is 2.05 bits per heavy atom. The van der Waals surface area contributed by atoms with Gasteiger partial charge in [-0.3, -0.25) is 19.3 Å². The van der Waals surface area contributed by atoms with Crippen molar-refractivity contribution in [1.82, 2.24) is 4.90 Å². The molecule has 5 nitrogen and oxygen atoms in total. The van der Waals surface area contributed by atoms with E-state index in [4.69, 9.17) is 5.11 Å². The summed E-state index contributed by atoms with van der Waals surface area (Å²) in [4.78, 5) is 35.1. The summed E-state index contributed by atoms with van der Waals surface area (Å²) in [5.41, 5.74) is 0.194. The highest BCUT2D eigenvalue weighted by Crippen LogP contribution is 2.19. The number of likely N-dealkylation sites (tertiary alicyclic amines) is 1. The van der Waals surface area contributed by atoms with Crippen molar-refractivity contribution in [2.45, 2.75) is 12.8 Å². The first-order valence-corrected chi connectivity index (χ1v) is 5.78. The molecule has 1 N–H and O–H groups in total. The normalized spacial score (nSPS) is 18.7. The van der Waals surface area contributed by atoms with E-state index in [1.807, 2.05) is 0 Å². The lowest BCUT2D eigenvalue weighted by molar-refractivity contribution is -0.142. The third-order valence-corrected chi connectivity index (χ3v) is 3.07. The first-order valence-electron chi connectivity index (χ1n) is 5.78. The maximum Gasteiger partial charge on any atom is 0.308 e. The van der Waals surface area contributed by atoms with E-state index in [0.29, 0.717) is 0 Å². The second-order valence-corrected chi connectivity index (χ2v) is 4.41. The quantitative estimate of drug-likeness (QED) is 0.878. The minimum atomic E-state index is -1.10. The van der Waals surface area contributed by atoms with Gasteiger partial charge in [0.1, 0.15) is 5.82 Å². The lowest BCUT2D eigenvalue weighted by Crippen LogP contribution is -2.34. The molecule has 0 radical (unpaired) electrons. The Labute approximate surface area is 108 Å². The molecular weight excluding hydrogens is 253 g/mol.